The van der Waals surface area contributed by atoms with Crippen molar-refractivity contribution < 1.29 is 17.6 Å². The molecule has 0 bridgehead atoms. The third-order valence-corrected chi connectivity index (χ3v) is 5.18. The second-order valence-electron chi connectivity index (χ2n) is 5.40. The molecule has 1 aromatic heterocycles. The number of rotatable bonds is 6. The van der Waals surface area contributed by atoms with Gasteiger partial charge in [-0.15, -0.1) is 0 Å². The van der Waals surface area contributed by atoms with Gasteiger partial charge >= 0.3 is 0 Å². The average Bonchev–Trinajstić information content (AvgIpc) is 3.15. The van der Waals surface area contributed by atoms with Gasteiger partial charge in [0, 0.05) is 16.3 Å². The summed E-state index contributed by atoms with van der Waals surface area (Å²) in [4.78, 5) is 12.1. The SMILES string of the molecule is O=C(NCc1ccco1)c1ccc(S(=O)(=O)Nc2ccc(Cl)cc2)cc1. The topological polar surface area (TPSA) is 88.4 Å². The molecule has 0 unspecified atom stereocenters. The first kappa shape index (κ1) is 18.0. The minimum atomic E-state index is -3.76. The Hall–Kier alpha value is -2.77. The average molecular weight is 391 g/mol. The Morgan fingerprint density at radius 2 is 1.69 bits per heavy atom. The first-order chi connectivity index (χ1) is 12.4. The molecule has 2 N–H and O–H groups in total. The zero-order valence-electron chi connectivity index (χ0n) is 13.5. The zero-order chi connectivity index (χ0) is 18.6. The van der Waals surface area contributed by atoms with Gasteiger partial charge in [0.25, 0.3) is 15.9 Å². The molecule has 0 atom stereocenters. The summed E-state index contributed by atoms with van der Waals surface area (Å²) in [6, 6.07) is 15.4. The van der Waals surface area contributed by atoms with Crippen molar-refractivity contribution in [2.24, 2.45) is 0 Å². The van der Waals surface area contributed by atoms with E-state index in [2.05, 4.69) is 10.0 Å². The van der Waals surface area contributed by atoms with E-state index in [1.807, 2.05) is 0 Å². The highest BCUT2D eigenvalue weighted by atomic mass is 35.5. The minimum absolute atomic E-state index is 0.0510. The van der Waals surface area contributed by atoms with Crippen LogP contribution < -0.4 is 10.0 Å². The van der Waals surface area contributed by atoms with Crippen LogP contribution in [-0.4, -0.2) is 14.3 Å². The number of hydrogen-bond donors (Lipinski definition) is 2. The van der Waals surface area contributed by atoms with Crippen LogP contribution in [-0.2, 0) is 16.6 Å². The molecule has 26 heavy (non-hydrogen) atoms. The molecule has 2 aromatic carbocycles. The maximum Gasteiger partial charge on any atom is 0.261 e. The molecule has 6 nitrogen and oxygen atoms in total. The van der Waals surface area contributed by atoms with E-state index < -0.39 is 10.0 Å². The summed E-state index contributed by atoms with van der Waals surface area (Å²) < 4.78 is 32.4. The molecule has 0 saturated heterocycles. The van der Waals surface area contributed by atoms with Gasteiger partial charge in [-0.1, -0.05) is 11.6 Å². The van der Waals surface area contributed by atoms with Crippen LogP contribution in [0.1, 0.15) is 16.1 Å². The van der Waals surface area contributed by atoms with Crippen LogP contribution >= 0.6 is 11.6 Å². The summed E-state index contributed by atoms with van der Waals surface area (Å²) >= 11 is 5.78. The number of sulfonamides is 1. The van der Waals surface area contributed by atoms with Crippen LogP contribution in [0.3, 0.4) is 0 Å². The standard InChI is InChI=1S/C18H15ClN2O4S/c19-14-5-7-15(8-6-14)21-26(23,24)17-9-3-13(4-10-17)18(22)20-12-16-2-1-11-25-16/h1-11,21H,12H2,(H,20,22). The van der Waals surface area contributed by atoms with Crippen molar-refractivity contribution in [2.45, 2.75) is 11.4 Å². The summed E-state index contributed by atoms with van der Waals surface area (Å²) in [5.41, 5.74) is 0.747. The van der Waals surface area contributed by atoms with Crippen LogP contribution in [0, 0.1) is 0 Å². The lowest BCUT2D eigenvalue weighted by molar-refractivity contribution is 0.0948. The zero-order valence-corrected chi connectivity index (χ0v) is 15.0. The van der Waals surface area contributed by atoms with E-state index in [4.69, 9.17) is 16.0 Å². The van der Waals surface area contributed by atoms with Gasteiger partial charge in [0.05, 0.1) is 17.7 Å². The van der Waals surface area contributed by atoms with Crippen LogP contribution in [0.25, 0.3) is 0 Å². The van der Waals surface area contributed by atoms with Crippen molar-refractivity contribution in [1.82, 2.24) is 5.32 Å². The van der Waals surface area contributed by atoms with Crippen LogP contribution in [0.5, 0.6) is 0 Å². The van der Waals surface area contributed by atoms with Gasteiger partial charge in [0.1, 0.15) is 5.76 Å². The van der Waals surface area contributed by atoms with Crippen molar-refractivity contribution >= 4 is 33.2 Å². The largest absolute Gasteiger partial charge is 0.467 e. The molecule has 1 amide bonds. The van der Waals surface area contributed by atoms with Gasteiger partial charge in [-0.2, -0.15) is 0 Å². The highest BCUT2D eigenvalue weighted by Crippen LogP contribution is 2.19. The first-order valence-corrected chi connectivity index (χ1v) is 9.49. The van der Waals surface area contributed by atoms with E-state index in [1.54, 1.807) is 36.4 Å². The molecule has 0 aliphatic heterocycles. The van der Waals surface area contributed by atoms with Gasteiger partial charge < -0.3 is 9.73 Å². The number of furan rings is 1. The number of hydrogen-bond acceptors (Lipinski definition) is 4. The van der Waals surface area contributed by atoms with Crippen molar-refractivity contribution in [2.75, 3.05) is 4.72 Å². The van der Waals surface area contributed by atoms with E-state index in [-0.39, 0.29) is 17.3 Å². The van der Waals surface area contributed by atoms with Gasteiger partial charge in [-0.25, -0.2) is 8.42 Å². The van der Waals surface area contributed by atoms with E-state index >= 15 is 0 Å². The smallest absolute Gasteiger partial charge is 0.261 e. The predicted octanol–water partition coefficient (Wildman–Crippen LogP) is 3.66. The van der Waals surface area contributed by atoms with E-state index in [1.165, 1.54) is 30.5 Å². The molecule has 8 heteroatoms. The van der Waals surface area contributed by atoms with E-state index in [0.29, 0.717) is 22.0 Å². The van der Waals surface area contributed by atoms with Gasteiger partial charge in [-0.05, 0) is 60.7 Å². The number of amides is 1. The fraction of sp³-hybridized carbons (Fsp3) is 0.0556. The molecule has 0 saturated carbocycles. The lowest BCUT2D eigenvalue weighted by Gasteiger charge is -2.09. The molecule has 0 spiro atoms. The molecule has 0 aliphatic rings. The Morgan fingerprint density at radius 3 is 2.31 bits per heavy atom. The molecule has 3 aromatic rings. The third-order valence-electron chi connectivity index (χ3n) is 3.53. The Morgan fingerprint density at radius 1 is 1.00 bits per heavy atom. The third kappa shape index (κ3) is 4.44. The van der Waals surface area contributed by atoms with Gasteiger partial charge in [0.15, 0.2) is 0 Å². The predicted molar refractivity (Wildman–Crippen MR) is 98.6 cm³/mol. The number of nitrogens with one attached hydrogen (secondary N) is 2. The van der Waals surface area contributed by atoms with Crippen molar-refractivity contribution in [3.05, 3.63) is 83.3 Å². The normalized spacial score (nSPS) is 11.1. The first-order valence-electron chi connectivity index (χ1n) is 7.63. The highest BCUT2D eigenvalue weighted by molar-refractivity contribution is 7.92. The maximum atomic E-state index is 12.4. The molecular formula is C18H15ClN2O4S. The molecule has 0 fully saturated rings. The summed E-state index contributed by atoms with van der Waals surface area (Å²) in [6.07, 6.45) is 1.52. The monoisotopic (exact) mass is 390 g/mol. The summed E-state index contributed by atoms with van der Waals surface area (Å²) in [5, 5.41) is 3.21. The maximum absolute atomic E-state index is 12.4. The Balaban J connectivity index is 1.67. The number of halogens is 1. The van der Waals surface area contributed by atoms with Crippen molar-refractivity contribution in [1.29, 1.82) is 0 Å². The van der Waals surface area contributed by atoms with Crippen molar-refractivity contribution in [3.63, 3.8) is 0 Å². The lowest BCUT2D eigenvalue weighted by Crippen LogP contribution is -2.22. The van der Waals surface area contributed by atoms with Crippen LogP contribution in [0.15, 0.2) is 76.2 Å². The molecular weight excluding hydrogens is 376 g/mol. The van der Waals surface area contributed by atoms with Crippen LogP contribution in [0.2, 0.25) is 5.02 Å². The van der Waals surface area contributed by atoms with E-state index in [9.17, 15) is 13.2 Å². The molecule has 1 heterocycles. The van der Waals surface area contributed by atoms with Gasteiger partial charge in [-0.3, -0.25) is 9.52 Å². The minimum Gasteiger partial charge on any atom is -0.467 e. The molecule has 0 aliphatic carbocycles. The van der Waals surface area contributed by atoms with Gasteiger partial charge in [0.2, 0.25) is 0 Å². The summed E-state index contributed by atoms with van der Waals surface area (Å²) in [7, 11) is -3.76. The molecule has 134 valence electrons. The highest BCUT2D eigenvalue weighted by Gasteiger charge is 2.15. The lowest BCUT2D eigenvalue weighted by atomic mass is 10.2. The Labute approximate surface area is 155 Å². The van der Waals surface area contributed by atoms with Crippen LogP contribution in [0.4, 0.5) is 5.69 Å². The number of carbonyl (C=O) groups excluding carboxylic acids is 1. The second kappa shape index (κ2) is 7.63. The summed E-state index contributed by atoms with van der Waals surface area (Å²) in [6.45, 7) is 0.254. The number of benzene rings is 2. The fourth-order valence-electron chi connectivity index (χ4n) is 2.20. The van der Waals surface area contributed by atoms with Crippen molar-refractivity contribution in [3.8, 4) is 0 Å². The van der Waals surface area contributed by atoms with E-state index in [0.717, 1.165) is 0 Å². The quantitative estimate of drug-likeness (QED) is 0.672. The summed E-state index contributed by atoms with van der Waals surface area (Å²) in [5.74, 6) is 0.306. The molecule has 0 radical (unpaired) electrons. The second-order valence-corrected chi connectivity index (χ2v) is 7.52. The molecule has 3 rings (SSSR count). The fourth-order valence-corrected chi connectivity index (χ4v) is 3.38. The number of carbonyl (C=O) groups is 1. The number of anilines is 1. The Kier molecular flexibility index (Phi) is 5.29. The Bertz CT molecular complexity index is 983.